The van der Waals surface area contributed by atoms with Gasteiger partial charge >= 0.3 is 5.97 Å². The number of fused-ring (bicyclic) bond motifs is 2. The molecule has 0 saturated heterocycles. The summed E-state index contributed by atoms with van der Waals surface area (Å²) < 4.78 is 0. The molecule has 5 N–H and O–H groups in total. The van der Waals surface area contributed by atoms with Gasteiger partial charge in [0.15, 0.2) is 17.3 Å². The minimum atomic E-state index is -1.04. The summed E-state index contributed by atoms with van der Waals surface area (Å²) in [5, 5.41) is 31.8. The number of amides is 1. The highest BCUT2D eigenvalue weighted by Crippen LogP contribution is 2.40. The number of hydrogen-bond acceptors (Lipinski definition) is 5. The normalized spacial score (nSPS) is 16.8. The van der Waals surface area contributed by atoms with Gasteiger partial charge in [-0.1, -0.05) is 18.2 Å². The molecule has 2 aliphatic rings. The summed E-state index contributed by atoms with van der Waals surface area (Å²) in [5.41, 5.74) is 5.00. The molecule has 172 valence electrons. The van der Waals surface area contributed by atoms with Gasteiger partial charge in [0, 0.05) is 40.2 Å². The molecule has 5 rings (SSSR count). The third kappa shape index (κ3) is 3.44. The van der Waals surface area contributed by atoms with E-state index in [-0.39, 0.29) is 23.2 Å². The fourth-order valence-corrected chi connectivity index (χ4v) is 4.70. The summed E-state index contributed by atoms with van der Waals surface area (Å²) in [5.74, 6) is -2.84. The van der Waals surface area contributed by atoms with Gasteiger partial charge in [-0.2, -0.15) is 0 Å². The Bertz CT molecular complexity index is 1410. The van der Waals surface area contributed by atoms with Crippen LogP contribution in [0, 0.1) is 0 Å². The molecule has 34 heavy (non-hydrogen) atoms. The van der Waals surface area contributed by atoms with Gasteiger partial charge in [-0.25, -0.2) is 0 Å². The summed E-state index contributed by atoms with van der Waals surface area (Å²) >= 11 is 0. The number of aromatic nitrogens is 1. The first-order valence-electron chi connectivity index (χ1n) is 10.9. The summed E-state index contributed by atoms with van der Waals surface area (Å²) in [6, 6.07) is 9.82. The number of carbonyl (C=O) groups is 3. The van der Waals surface area contributed by atoms with Crippen LogP contribution in [0.3, 0.4) is 0 Å². The van der Waals surface area contributed by atoms with Crippen LogP contribution in [-0.4, -0.2) is 38.0 Å². The second kappa shape index (κ2) is 7.91. The molecule has 0 radical (unpaired) electrons. The van der Waals surface area contributed by atoms with Crippen molar-refractivity contribution < 1.29 is 29.7 Å². The van der Waals surface area contributed by atoms with E-state index < -0.39 is 11.9 Å². The van der Waals surface area contributed by atoms with Crippen LogP contribution in [0.4, 0.5) is 5.69 Å². The molecule has 1 amide bonds. The van der Waals surface area contributed by atoms with Crippen molar-refractivity contribution in [1.82, 2.24) is 4.98 Å². The van der Waals surface area contributed by atoms with E-state index in [1.165, 1.54) is 19.1 Å². The molecule has 1 unspecified atom stereocenters. The second-order valence-corrected chi connectivity index (χ2v) is 8.62. The number of ketones is 1. The molecule has 8 heteroatoms. The number of anilines is 1. The first-order chi connectivity index (χ1) is 16.2. The Morgan fingerprint density at radius 3 is 2.50 bits per heavy atom. The maximum atomic E-state index is 12.9. The molecule has 8 nitrogen and oxygen atoms in total. The van der Waals surface area contributed by atoms with Gasteiger partial charge in [0.05, 0.1) is 11.5 Å². The average Bonchev–Trinajstić information content (AvgIpc) is 3.32. The number of aliphatic carboxylic acids is 1. The highest BCUT2D eigenvalue weighted by atomic mass is 16.4. The minimum Gasteiger partial charge on any atom is -0.504 e. The van der Waals surface area contributed by atoms with Gasteiger partial charge in [0.1, 0.15) is 0 Å². The van der Waals surface area contributed by atoms with Gasteiger partial charge in [0.25, 0.3) is 5.91 Å². The molecule has 0 bridgehead atoms. The van der Waals surface area contributed by atoms with Crippen LogP contribution in [0.5, 0.6) is 11.5 Å². The zero-order valence-corrected chi connectivity index (χ0v) is 18.3. The third-order valence-electron chi connectivity index (χ3n) is 6.46. The number of rotatable bonds is 4. The van der Waals surface area contributed by atoms with Crippen LogP contribution < -0.4 is 5.32 Å². The number of aromatic amines is 1. The number of phenolic OH excluding ortho intramolecular Hbond substituents is 2. The molecule has 1 aromatic heterocycles. The zero-order chi connectivity index (χ0) is 24.1. The van der Waals surface area contributed by atoms with Crippen LogP contribution in [0.25, 0.3) is 22.8 Å². The quantitative estimate of drug-likeness (QED) is 0.292. The van der Waals surface area contributed by atoms with Crippen molar-refractivity contribution >= 4 is 35.0 Å². The first-order valence-corrected chi connectivity index (χ1v) is 10.9. The van der Waals surface area contributed by atoms with Crippen LogP contribution in [-0.2, 0) is 16.0 Å². The van der Waals surface area contributed by atoms with Gasteiger partial charge in [-0.3, -0.25) is 14.4 Å². The first kappa shape index (κ1) is 21.5. The molecule has 2 heterocycles. The zero-order valence-electron chi connectivity index (χ0n) is 18.3. The fraction of sp³-hybridized carbons (Fsp3) is 0.192. The van der Waals surface area contributed by atoms with E-state index in [0.717, 1.165) is 5.56 Å². The Labute approximate surface area is 194 Å². The van der Waals surface area contributed by atoms with Crippen molar-refractivity contribution in [2.24, 2.45) is 0 Å². The van der Waals surface area contributed by atoms with E-state index >= 15 is 0 Å². The summed E-state index contributed by atoms with van der Waals surface area (Å²) in [6.45, 7) is 1.54. The lowest BCUT2D eigenvalue weighted by molar-refractivity contribution is -0.138. The molecule has 1 atom stereocenters. The number of carbonyl (C=O) groups excluding carboxylic acids is 2. The third-order valence-corrected chi connectivity index (χ3v) is 6.46. The standard InChI is InChI=1S/C26H22N2O6/c1-12(26(33)34)23-19(27-17-3-2-4-21(30)24(17)23)11-16-15-7-5-13(9-18(15)28-25(16)32)14-6-8-20(29)22(31)10-14/h5-12,27,29,31H,2-4H2,1H3,(H,28,32)(H,33,34)/b16-11-. The lowest BCUT2D eigenvalue weighted by Crippen LogP contribution is -2.15. The van der Waals surface area contributed by atoms with E-state index in [1.807, 2.05) is 0 Å². The van der Waals surface area contributed by atoms with Crippen molar-refractivity contribution in [3.05, 3.63) is 64.5 Å². The van der Waals surface area contributed by atoms with E-state index in [4.69, 9.17) is 0 Å². The molecule has 1 aliphatic heterocycles. The Morgan fingerprint density at radius 1 is 1.03 bits per heavy atom. The predicted octanol–water partition coefficient (Wildman–Crippen LogP) is 4.29. The van der Waals surface area contributed by atoms with Gasteiger partial charge in [0.2, 0.25) is 0 Å². The molecule has 2 aromatic carbocycles. The highest BCUT2D eigenvalue weighted by molar-refractivity contribution is 6.35. The molecule has 0 saturated carbocycles. The van der Waals surface area contributed by atoms with E-state index in [9.17, 15) is 29.7 Å². The van der Waals surface area contributed by atoms with Crippen LogP contribution in [0.15, 0.2) is 36.4 Å². The van der Waals surface area contributed by atoms with Crippen molar-refractivity contribution in [3.63, 3.8) is 0 Å². The van der Waals surface area contributed by atoms with Gasteiger partial charge < -0.3 is 25.6 Å². The Balaban J connectivity index is 1.60. The number of hydrogen-bond donors (Lipinski definition) is 5. The summed E-state index contributed by atoms with van der Waals surface area (Å²) in [4.78, 5) is 40.5. The Kier molecular flexibility index (Phi) is 5.01. The molecule has 0 spiro atoms. The van der Waals surface area contributed by atoms with Gasteiger partial charge in [-0.05, 0) is 55.2 Å². The largest absolute Gasteiger partial charge is 0.504 e. The number of aryl methyl sites for hydroxylation is 1. The van der Waals surface area contributed by atoms with Crippen molar-refractivity contribution in [1.29, 1.82) is 0 Å². The maximum absolute atomic E-state index is 12.9. The Hall–Kier alpha value is -4.33. The summed E-state index contributed by atoms with van der Waals surface area (Å²) in [6.07, 6.45) is 3.34. The number of H-pyrrole nitrogens is 1. The molecular weight excluding hydrogens is 436 g/mol. The highest BCUT2D eigenvalue weighted by Gasteiger charge is 2.32. The van der Waals surface area contributed by atoms with Crippen LogP contribution in [0.1, 0.15) is 58.6 Å². The lowest BCUT2D eigenvalue weighted by atomic mass is 9.87. The van der Waals surface area contributed by atoms with Crippen molar-refractivity contribution in [3.8, 4) is 22.6 Å². The van der Waals surface area contributed by atoms with E-state index in [2.05, 4.69) is 10.3 Å². The van der Waals surface area contributed by atoms with E-state index in [0.29, 0.717) is 64.2 Å². The monoisotopic (exact) mass is 458 g/mol. The SMILES string of the molecule is CC(C(=O)O)c1c(/C=C2\C(=O)Nc3cc(-c4ccc(O)c(O)c4)ccc32)[nH]c2c1C(=O)CCC2. The molecule has 0 fully saturated rings. The van der Waals surface area contributed by atoms with Gasteiger partial charge in [-0.15, -0.1) is 0 Å². The maximum Gasteiger partial charge on any atom is 0.310 e. The number of carboxylic acid groups (broad SMARTS) is 1. The fourth-order valence-electron chi connectivity index (χ4n) is 4.70. The van der Waals surface area contributed by atoms with Crippen LogP contribution in [0.2, 0.25) is 0 Å². The van der Waals surface area contributed by atoms with Crippen LogP contribution >= 0.6 is 0 Å². The molecule has 1 aliphatic carbocycles. The molecule has 3 aromatic rings. The lowest BCUT2D eigenvalue weighted by Gasteiger charge is -2.14. The smallest absolute Gasteiger partial charge is 0.310 e. The average molecular weight is 458 g/mol. The number of phenols is 2. The number of Topliss-reactive ketones (excluding diaryl/α,β-unsaturated/α-hetero) is 1. The number of aromatic hydroxyl groups is 2. The van der Waals surface area contributed by atoms with Crippen molar-refractivity contribution in [2.45, 2.75) is 32.1 Å². The van der Waals surface area contributed by atoms with E-state index in [1.54, 1.807) is 30.3 Å². The number of carboxylic acids is 1. The second-order valence-electron chi connectivity index (χ2n) is 8.62. The predicted molar refractivity (Wildman–Crippen MR) is 126 cm³/mol. The number of benzene rings is 2. The van der Waals surface area contributed by atoms with Crippen molar-refractivity contribution in [2.75, 3.05) is 5.32 Å². The molecular formula is C26H22N2O6. The topological polar surface area (TPSA) is 140 Å². The Morgan fingerprint density at radius 2 is 1.76 bits per heavy atom. The number of nitrogens with one attached hydrogen (secondary N) is 2. The minimum absolute atomic E-state index is 0.0803. The summed E-state index contributed by atoms with van der Waals surface area (Å²) in [7, 11) is 0.